The summed E-state index contributed by atoms with van der Waals surface area (Å²) >= 11 is 9.42. The van der Waals surface area contributed by atoms with Gasteiger partial charge in [0.05, 0.1) is 0 Å². The van der Waals surface area contributed by atoms with Crippen LogP contribution in [0.25, 0.3) is 0 Å². The van der Waals surface area contributed by atoms with Crippen molar-refractivity contribution in [3.05, 3.63) is 51.7 Å². The monoisotopic (exact) mass is 324 g/mol. The third-order valence-corrected chi connectivity index (χ3v) is 5.57. The first-order valence-electron chi connectivity index (χ1n) is 6.22. The largest absolute Gasteiger partial charge is 0.323 e. The van der Waals surface area contributed by atoms with Gasteiger partial charge in [0.25, 0.3) is 0 Å². The van der Waals surface area contributed by atoms with Gasteiger partial charge in [0.15, 0.2) is 0 Å². The van der Waals surface area contributed by atoms with Gasteiger partial charge in [-0.25, -0.2) is 4.79 Å². The van der Waals surface area contributed by atoms with Crippen LogP contribution >= 0.6 is 34.7 Å². The average molecular weight is 325 g/mol. The molecule has 6 heteroatoms. The number of nitrogens with one attached hydrogen (secondary N) is 1. The fraction of sp³-hybridized carbons (Fsp3) is 0.214. The molecule has 1 aromatic heterocycles. The van der Waals surface area contributed by atoms with Crippen LogP contribution in [-0.4, -0.2) is 23.2 Å². The summed E-state index contributed by atoms with van der Waals surface area (Å²) in [5.74, 6) is 0.964. The molecule has 0 spiro atoms. The number of halogens is 1. The molecular formula is C14H13ClN2OS2. The first kappa shape index (κ1) is 13.8. The Morgan fingerprint density at radius 1 is 1.35 bits per heavy atom. The molecule has 0 bridgehead atoms. The van der Waals surface area contributed by atoms with E-state index in [0.717, 1.165) is 18.0 Å². The summed E-state index contributed by atoms with van der Waals surface area (Å²) in [6.07, 6.45) is 0. The number of hydrogen-bond donors (Lipinski definition) is 1. The second-order valence-electron chi connectivity index (χ2n) is 4.37. The molecule has 2 aromatic rings. The van der Waals surface area contributed by atoms with E-state index in [2.05, 4.69) is 11.4 Å². The Kier molecular flexibility index (Phi) is 4.19. The number of nitrogens with zero attached hydrogens (tertiary/aromatic N) is 1. The number of carbonyl (C=O) groups excluding carboxylic acids is 1. The molecule has 1 saturated heterocycles. The van der Waals surface area contributed by atoms with Crippen LogP contribution < -0.4 is 5.32 Å². The van der Waals surface area contributed by atoms with Crippen LogP contribution in [0.3, 0.4) is 0 Å². The van der Waals surface area contributed by atoms with Crippen molar-refractivity contribution in [3.8, 4) is 0 Å². The third-order valence-electron chi connectivity index (χ3n) is 3.01. The smallest absolute Gasteiger partial charge is 0.308 e. The summed E-state index contributed by atoms with van der Waals surface area (Å²) < 4.78 is 0. The highest BCUT2D eigenvalue weighted by Gasteiger charge is 2.31. The summed E-state index contributed by atoms with van der Waals surface area (Å²) in [5.41, 5.74) is 0.726. The highest BCUT2D eigenvalue weighted by Crippen LogP contribution is 2.40. The van der Waals surface area contributed by atoms with E-state index in [-0.39, 0.29) is 11.4 Å². The molecule has 3 rings (SSSR count). The topological polar surface area (TPSA) is 32.3 Å². The summed E-state index contributed by atoms with van der Waals surface area (Å²) in [4.78, 5) is 15.5. The zero-order valence-corrected chi connectivity index (χ0v) is 13.0. The van der Waals surface area contributed by atoms with Crippen LogP contribution in [0.5, 0.6) is 0 Å². The lowest BCUT2D eigenvalue weighted by Gasteiger charge is -2.23. The number of amides is 2. The Morgan fingerprint density at radius 3 is 3.00 bits per heavy atom. The summed E-state index contributed by atoms with van der Waals surface area (Å²) in [6.45, 7) is 0.764. The molecule has 1 aromatic carbocycles. The van der Waals surface area contributed by atoms with E-state index in [1.807, 2.05) is 28.5 Å². The van der Waals surface area contributed by atoms with Gasteiger partial charge >= 0.3 is 6.03 Å². The van der Waals surface area contributed by atoms with Crippen molar-refractivity contribution in [3.63, 3.8) is 0 Å². The van der Waals surface area contributed by atoms with Crippen molar-refractivity contribution >= 4 is 46.4 Å². The number of carbonyl (C=O) groups is 1. The van der Waals surface area contributed by atoms with Crippen molar-refractivity contribution in [2.75, 3.05) is 17.6 Å². The van der Waals surface area contributed by atoms with Gasteiger partial charge in [0.2, 0.25) is 0 Å². The Balaban J connectivity index is 1.73. The molecule has 1 atom stereocenters. The molecule has 2 heterocycles. The predicted molar refractivity (Wildman–Crippen MR) is 86.7 cm³/mol. The van der Waals surface area contributed by atoms with Gasteiger partial charge in [0.1, 0.15) is 5.37 Å². The van der Waals surface area contributed by atoms with Crippen LogP contribution in [0.2, 0.25) is 5.02 Å². The van der Waals surface area contributed by atoms with E-state index >= 15 is 0 Å². The van der Waals surface area contributed by atoms with Gasteiger partial charge in [-0.1, -0.05) is 23.7 Å². The molecule has 1 aliphatic rings. The van der Waals surface area contributed by atoms with Gasteiger partial charge in [-0.2, -0.15) is 0 Å². The van der Waals surface area contributed by atoms with Crippen LogP contribution in [0.1, 0.15) is 10.3 Å². The number of rotatable bonds is 2. The van der Waals surface area contributed by atoms with Crippen molar-refractivity contribution in [2.24, 2.45) is 0 Å². The molecule has 104 valence electrons. The lowest BCUT2D eigenvalue weighted by atomic mass is 10.3. The van der Waals surface area contributed by atoms with Crippen LogP contribution in [0.15, 0.2) is 41.8 Å². The fourth-order valence-corrected chi connectivity index (χ4v) is 4.53. The molecule has 0 saturated carbocycles. The van der Waals surface area contributed by atoms with Gasteiger partial charge < -0.3 is 10.2 Å². The highest BCUT2D eigenvalue weighted by atomic mass is 35.5. The Bertz CT molecular complexity index is 603. The summed E-state index contributed by atoms with van der Waals surface area (Å²) in [6, 6.07) is 11.2. The number of thioether (sulfide) groups is 1. The molecule has 0 aliphatic carbocycles. The second kappa shape index (κ2) is 6.08. The predicted octanol–water partition coefficient (Wildman–Crippen LogP) is 4.68. The zero-order chi connectivity index (χ0) is 13.9. The van der Waals surface area contributed by atoms with Crippen molar-refractivity contribution in [1.29, 1.82) is 0 Å². The minimum atomic E-state index is -0.0735. The Hall–Kier alpha value is -1.17. The van der Waals surface area contributed by atoms with E-state index in [4.69, 9.17) is 11.6 Å². The molecule has 1 N–H and O–H groups in total. The molecule has 1 fully saturated rings. The number of benzene rings is 1. The molecule has 0 radical (unpaired) electrons. The van der Waals surface area contributed by atoms with E-state index in [1.165, 1.54) is 4.88 Å². The van der Waals surface area contributed by atoms with Gasteiger partial charge in [-0.05, 0) is 29.6 Å². The molecule has 3 nitrogen and oxygen atoms in total. The van der Waals surface area contributed by atoms with Crippen molar-refractivity contribution in [2.45, 2.75) is 5.37 Å². The van der Waals surface area contributed by atoms with E-state index in [0.29, 0.717) is 5.02 Å². The number of anilines is 1. The van der Waals surface area contributed by atoms with Gasteiger partial charge in [-0.3, -0.25) is 0 Å². The lowest BCUT2D eigenvalue weighted by molar-refractivity contribution is 0.215. The summed E-state index contributed by atoms with van der Waals surface area (Å²) in [7, 11) is 0. The number of hydrogen-bond acceptors (Lipinski definition) is 3. The van der Waals surface area contributed by atoms with E-state index in [9.17, 15) is 4.79 Å². The maximum atomic E-state index is 12.4. The third kappa shape index (κ3) is 2.95. The van der Waals surface area contributed by atoms with Gasteiger partial charge in [0, 0.05) is 27.9 Å². The fourth-order valence-electron chi connectivity index (χ4n) is 2.11. The van der Waals surface area contributed by atoms with Crippen LogP contribution in [-0.2, 0) is 0 Å². The van der Waals surface area contributed by atoms with Gasteiger partial charge in [-0.15, -0.1) is 23.1 Å². The van der Waals surface area contributed by atoms with E-state index in [1.54, 1.807) is 35.2 Å². The number of thiophene rings is 1. The van der Waals surface area contributed by atoms with Crippen LogP contribution in [0, 0.1) is 0 Å². The Labute approximate surface area is 130 Å². The maximum absolute atomic E-state index is 12.4. The second-order valence-corrected chi connectivity index (χ2v) is 6.98. The zero-order valence-electron chi connectivity index (χ0n) is 10.6. The molecule has 2 amide bonds. The lowest BCUT2D eigenvalue weighted by Crippen LogP contribution is -2.34. The quantitative estimate of drug-likeness (QED) is 0.869. The molecular weight excluding hydrogens is 312 g/mol. The molecule has 1 aliphatic heterocycles. The maximum Gasteiger partial charge on any atom is 0.323 e. The highest BCUT2D eigenvalue weighted by molar-refractivity contribution is 7.99. The SMILES string of the molecule is O=C(Nc1cccc(Cl)c1)N1CCS[C@@H]1c1cccs1. The summed E-state index contributed by atoms with van der Waals surface area (Å²) in [5, 5.41) is 5.69. The van der Waals surface area contributed by atoms with Crippen LogP contribution in [0.4, 0.5) is 10.5 Å². The van der Waals surface area contributed by atoms with Crippen molar-refractivity contribution in [1.82, 2.24) is 4.90 Å². The molecule has 0 unspecified atom stereocenters. The van der Waals surface area contributed by atoms with E-state index < -0.39 is 0 Å². The van der Waals surface area contributed by atoms with Crippen molar-refractivity contribution < 1.29 is 4.79 Å². The minimum absolute atomic E-state index is 0.0735. The molecule has 20 heavy (non-hydrogen) atoms. The minimum Gasteiger partial charge on any atom is -0.308 e. The standard InChI is InChI=1S/C14H13ClN2OS2/c15-10-3-1-4-11(9-10)16-14(18)17-6-8-20-13(17)12-5-2-7-19-12/h1-5,7,9,13H,6,8H2,(H,16,18)/t13-/m1/s1. The Morgan fingerprint density at radius 2 is 2.25 bits per heavy atom. The first-order chi connectivity index (χ1) is 9.74. The number of urea groups is 1. The average Bonchev–Trinajstić information content (AvgIpc) is 3.09. The normalized spacial score (nSPS) is 18.2. The first-order valence-corrected chi connectivity index (χ1v) is 8.53.